The molecule has 202 valence electrons. The molecular formula is C27H24F2N4O5S. The molecule has 5 rings (SSSR count). The Morgan fingerprint density at radius 3 is 2.54 bits per heavy atom. The van der Waals surface area contributed by atoms with E-state index in [9.17, 15) is 22.0 Å². The highest BCUT2D eigenvalue weighted by atomic mass is 32.2. The molecule has 0 aliphatic carbocycles. The van der Waals surface area contributed by atoms with Crippen LogP contribution in [-0.2, 0) is 23.5 Å². The topological polar surface area (TPSA) is 119 Å². The van der Waals surface area contributed by atoms with Crippen molar-refractivity contribution in [3.05, 3.63) is 82.7 Å². The maximum Gasteiger partial charge on any atom is 0.261 e. The lowest BCUT2D eigenvalue weighted by Crippen LogP contribution is -2.16. The van der Waals surface area contributed by atoms with E-state index in [1.165, 1.54) is 35.9 Å². The van der Waals surface area contributed by atoms with Crippen LogP contribution in [0.15, 0.2) is 64.1 Å². The van der Waals surface area contributed by atoms with E-state index < -0.39 is 21.7 Å². The number of aromatic amines is 1. The predicted octanol–water partition coefficient (Wildman–Crippen LogP) is 5.58. The molecule has 0 aliphatic rings. The number of furan rings is 1. The SMILES string of the molecule is CCc1ncc(-c2cc3c(=O)n(C)cc(-c4cc(NS(=O)(=O)CC)ccc4Oc4ccc(F)cc4F)c3o2)[nH]1. The normalized spacial score (nSPS) is 11.7. The van der Waals surface area contributed by atoms with Crippen LogP contribution in [0.3, 0.4) is 0 Å². The summed E-state index contributed by atoms with van der Waals surface area (Å²) in [7, 11) is -2.06. The van der Waals surface area contributed by atoms with Crippen molar-refractivity contribution in [1.82, 2.24) is 14.5 Å². The van der Waals surface area contributed by atoms with Crippen LogP contribution in [0.2, 0.25) is 0 Å². The number of fused-ring (bicyclic) bond motifs is 1. The number of aromatic nitrogens is 3. The smallest absolute Gasteiger partial charge is 0.261 e. The molecule has 0 fully saturated rings. The monoisotopic (exact) mass is 554 g/mol. The molecule has 12 heteroatoms. The van der Waals surface area contributed by atoms with Gasteiger partial charge >= 0.3 is 0 Å². The standard InChI is InChI=1S/C27H24F2N4O5S/c1-4-25-30-13-21(31-25)24-12-18-26(38-24)19(14-33(3)27(18)34)17-11-16(32-39(35,36)5-2)7-9-22(17)37-23-8-6-15(28)10-20(23)29/h6-14,32H,4-5H2,1-3H3,(H,30,31). The molecule has 0 atom stereocenters. The molecule has 2 aromatic carbocycles. The molecule has 9 nitrogen and oxygen atoms in total. The Kier molecular flexibility index (Phi) is 6.73. The van der Waals surface area contributed by atoms with Gasteiger partial charge in [-0.15, -0.1) is 0 Å². The van der Waals surface area contributed by atoms with Crippen LogP contribution < -0.4 is 15.0 Å². The number of hydrogen-bond acceptors (Lipinski definition) is 6. The fraction of sp³-hybridized carbons (Fsp3) is 0.185. The van der Waals surface area contributed by atoms with Crippen molar-refractivity contribution < 1.29 is 26.4 Å². The van der Waals surface area contributed by atoms with Gasteiger partial charge in [-0.2, -0.15) is 0 Å². The van der Waals surface area contributed by atoms with Crippen LogP contribution >= 0.6 is 0 Å². The summed E-state index contributed by atoms with van der Waals surface area (Å²) in [6, 6.07) is 8.89. The van der Waals surface area contributed by atoms with Gasteiger partial charge in [0.1, 0.15) is 28.7 Å². The number of pyridine rings is 1. The number of nitrogens with zero attached hydrogens (tertiary/aromatic N) is 2. The van der Waals surface area contributed by atoms with Crippen LogP contribution in [0.1, 0.15) is 19.7 Å². The third-order valence-corrected chi connectivity index (χ3v) is 7.42. The van der Waals surface area contributed by atoms with E-state index in [0.29, 0.717) is 35.1 Å². The van der Waals surface area contributed by atoms with E-state index in [4.69, 9.17) is 9.15 Å². The summed E-state index contributed by atoms with van der Waals surface area (Å²) in [6.45, 7) is 3.44. The molecule has 2 N–H and O–H groups in total. The van der Waals surface area contributed by atoms with E-state index in [2.05, 4.69) is 14.7 Å². The van der Waals surface area contributed by atoms with E-state index in [0.717, 1.165) is 18.0 Å². The lowest BCUT2D eigenvalue weighted by molar-refractivity contribution is 0.439. The number of benzene rings is 2. The highest BCUT2D eigenvalue weighted by Crippen LogP contribution is 2.40. The van der Waals surface area contributed by atoms with Gasteiger partial charge in [-0.05, 0) is 43.3 Å². The number of hydrogen-bond donors (Lipinski definition) is 2. The number of aryl methyl sites for hydroxylation is 2. The summed E-state index contributed by atoms with van der Waals surface area (Å²) in [5.41, 5.74) is 1.35. The summed E-state index contributed by atoms with van der Waals surface area (Å²) in [4.78, 5) is 20.5. The maximum atomic E-state index is 14.5. The van der Waals surface area contributed by atoms with Gasteiger partial charge in [0, 0.05) is 42.5 Å². The molecule has 39 heavy (non-hydrogen) atoms. The third-order valence-electron chi connectivity index (χ3n) is 6.12. The number of nitrogens with one attached hydrogen (secondary N) is 2. The second-order valence-corrected chi connectivity index (χ2v) is 10.8. The van der Waals surface area contributed by atoms with E-state index in [1.54, 1.807) is 19.3 Å². The van der Waals surface area contributed by atoms with Crippen LogP contribution in [0.25, 0.3) is 33.6 Å². The molecule has 0 bridgehead atoms. The van der Waals surface area contributed by atoms with Crippen molar-refractivity contribution in [2.45, 2.75) is 20.3 Å². The minimum Gasteiger partial charge on any atom is -0.454 e. The largest absolute Gasteiger partial charge is 0.454 e. The van der Waals surface area contributed by atoms with Gasteiger partial charge in [-0.3, -0.25) is 9.52 Å². The Morgan fingerprint density at radius 2 is 1.85 bits per heavy atom. The lowest BCUT2D eigenvalue weighted by Gasteiger charge is -2.15. The third kappa shape index (κ3) is 5.15. The second-order valence-electron chi connectivity index (χ2n) is 8.80. The van der Waals surface area contributed by atoms with Gasteiger partial charge in [-0.1, -0.05) is 6.92 Å². The van der Waals surface area contributed by atoms with Gasteiger partial charge in [0.15, 0.2) is 17.3 Å². The molecule has 5 aromatic rings. The number of halogens is 2. The lowest BCUT2D eigenvalue weighted by atomic mass is 10.0. The highest BCUT2D eigenvalue weighted by Gasteiger charge is 2.21. The van der Waals surface area contributed by atoms with Gasteiger partial charge in [-0.25, -0.2) is 22.2 Å². The Hall–Kier alpha value is -4.45. The minimum absolute atomic E-state index is 0.118. The van der Waals surface area contributed by atoms with Gasteiger partial charge in [0.2, 0.25) is 10.0 Å². The Morgan fingerprint density at radius 1 is 1.08 bits per heavy atom. The maximum absolute atomic E-state index is 14.5. The van der Waals surface area contributed by atoms with Crippen molar-refractivity contribution in [1.29, 1.82) is 0 Å². The van der Waals surface area contributed by atoms with Gasteiger partial charge in [0.25, 0.3) is 5.56 Å². The average molecular weight is 555 g/mol. The van der Waals surface area contributed by atoms with Crippen molar-refractivity contribution in [2.24, 2.45) is 7.05 Å². The molecule has 0 saturated carbocycles. The summed E-state index contributed by atoms with van der Waals surface area (Å²) < 4.78 is 68.3. The molecular weight excluding hydrogens is 530 g/mol. The fourth-order valence-electron chi connectivity index (χ4n) is 4.06. The van der Waals surface area contributed by atoms with Gasteiger partial charge < -0.3 is 18.7 Å². The number of anilines is 1. The zero-order valence-corrected chi connectivity index (χ0v) is 22.0. The first-order valence-electron chi connectivity index (χ1n) is 12.0. The number of rotatable bonds is 8. The van der Waals surface area contributed by atoms with Crippen LogP contribution in [0.5, 0.6) is 11.5 Å². The number of ether oxygens (including phenoxy) is 1. The van der Waals surface area contributed by atoms with Crippen molar-refractivity contribution in [3.8, 4) is 34.1 Å². The molecule has 0 radical (unpaired) electrons. The molecule has 0 saturated heterocycles. The molecule has 0 unspecified atom stereocenters. The Balaban J connectivity index is 1.73. The zero-order valence-electron chi connectivity index (χ0n) is 21.2. The Bertz CT molecular complexity index is 1880. The molecule has 0 spiro atoms. The summed E-state index contributed by atoms with van der Waals surface area (Å²) in [6.07, 6.45) is 3.80. The quantitative estimate of drug-likeness (QED) is 0.258. The van der Waals surface area contributed by atoms with Crippen molar-refractivity contribution in [2.75, 3.05) is 10.5 Å². The van der Waals surface area contributed by atoms with E-state index >= 15 is 0 Å². The first-order valence-corrected chi connectivity index (χ1v) is 13.7. The second kappa shape index (κ2) is 10.0. The highest BCUT2D eigenvalue weighted by molar-refractivity contribution is 7.92. The zero-order chi connectivity index (χ0) is 27.9. The molecule has 3 aromatic heterocycles. The summed E-state index contributed by atoms with van der Waals surface area (Å²) in [5, 5.41) is 0.260. The molecule has 0 aliphatic heterocycles. The van der Waals surface area contributed by atoms with Crippen molar-refractivity contribution in [3.63, 3.8) is 0 Å². The molecule has 0 amide bonds. The summed E-state index contributed by atoms with van der Waals surface area (Å²) in [5.74, 6) is -0.858. The van der Waals surface area contributed by atoms with E-state index in [1.807, 2.05) is 6.92 Å². The predicted molar refractivity (Wildman–Crippen MR) is 143 cm³/mol. The Labute approximate surface area is 222 Å². The van der Waals surface area contributed by atoms with Crippen molar-refractivity contribution >= 4 is 26.7 Å². The van der Waals surface area contributed by atoms with Crippen LogP contribution in [0.4, 0.5) is 14.5 Å². The average Bonchev–Trinajstić information content (AvgIpc) is 3.56. The summed E-state index contributed by atoms with van der Waals surface area (Å²) >= 11 is 0. The van der Waals surface area contributed by atoms with Crippen LogP contribution in [0, 0.1) is 11.6 Å². The first kappa shape index (κ1) is 26.2. The molecule has 3 heterocycles. The number of imidazole rings is 1. The van der Waals surface area contributed by atoms with E-state index in [-0.39, 0.29) is 39.5 Å². The van der Waals surface area contributed by atoms with Gasteiger partial charge in [0.05, 0.1) is 17.3 Å². The number of H-pyrrole nitrogens is 1. The number of sulfonamides is 1. The minimum atomic E-state index is -3.63. The fourth-order valence-corrected chi connectivity index (χ4v) is 4.69. The van der Waals surface area contributed by atoms with Crippen LogP contribution in [-0.4, -0.2) is 28.7 Å². The first-order chi connectivity index (χ1) is 18.6.